The van der Waals surface area contributed by atoms with Crippen molar-refractivity contribution in [2.75, 3.05) is 4.72 Å². The second-order valence-electron chi connectivity index (χ2n) is 4.03. The molecule has 1 aromatic heterocycles. The molecule has 0 aliphatic carbocycles. The minimum atomic E-state index is -4.08. The Morgan fingerprint density at radius 2 is 2.19 bits per heavy atom. The quantitative estimate of drug-likeness (QED) is 0.644. The molecule has 0 amide bonds. The maximum atomic E-state index is 12.3. The van der Waals surface area contributed by atoms with Crippen LogP contribution in [0, 0.1) is 28.4 Å². The highest BCUT2D eigenvalue weighted by Gasteiger charge is 2.24. The number of nitrogens with zero attached hydrogens (tertiary/aromatic N) is 3. The number of nitriles is 1. The van der Waals surface area contributed by atoms with E-state index in [9.17, 15) is 18.5 Å². The lowest BCUT2D eigenvalue weighted by Crippen LogP contribution is -2.15. The third-order valence-corrected chi connectivity index (χ3v) is 4.23. The van der Waals surface area contributed by atoms with E-state index in [-0.39, 0.29) is 27.5 Å². The second kappa shape index (κ2) is 5.22. The lowest BCUT2D eigenvalue weighted by Gasteiger charge is -2.09. The summed E-state index contributed by atoms with van der Waals surface area (Å²) >= 11 is 0. The Labute approximate surface area is 119 Å². The molecule has 2 N–H and O–H groups in total. The first-order valence-electron chi connectivity index (χ1n) is 5.57. The van der Waals surface area contributed by atoms with E-state index in [1.807, 2.05) is 0 Å². The molecule has 0 saturated heterocycles. The molecule has 0 atom stereocenters. The molecule has 2 aromatic rings. The third-order valence-electron chi connectivity index (χ3n) is 2.74. The maximum Gasteiger partial charge on any atom is 0.273 e. The van der Waals surface area contributed by atoms with Gasteiger partial charge in [-0.05, 0) is 13.0 Å². The molecular weight excluding hydrogens is 298 g/mol. The van der Waals surface area contributed by atoms with E-state index in [1.54, 1.807) is 6.07 Å². The molecule has 0 fully saturated rings. The highest BCUT2D eigenvalue weighted by Crippen LogP contribution is 2.26. The first-order chi connectivity index (χ1) is 9.86. The van der Waals surface area contributed by atoms with Gasteiger partial charge in [0.2, 0.25) is 0 Å². The SMILES string of the molecule is Cc1c([N+](=O)[O-])cccc1S(=O)(=O)Nc1[nH]ncc1C#N. The number of anilines is 1. The number of nitro benzene ring substituents is 1. The van der Waals surface area contributed by atoms with Crippen LogP contribution in [0.1, 0.15) is 11.1 Å². The Bertz CT molecular complexity index is 850. The molecule has 0 saturated carbocycles. The van der Waals surface area contributed by atoms with Gasteiger partial charge in [-0.25, -0.2) is 8.42 Å². The molecule has 0 aliphatic rings. The molecule has 108 valence electrons. The van der Waals surface area contributed by atoms with Crippen molar-refractivity contribution in [2.24, 2.45) is 0 Å². The molecule has 0 radical (unpaired) electrons. The second-order valence-corrected chi connectivity index (χ2v) is 5.68. The van der Waals surface area contributed by atoms with Gasteiger partial charge in [0.25, 0.3) is 15.7 Å². The monoisotopic (exact) mass is 307 g/mol. The van der Waals surface area contributed by atoms with E-state index < -0.39 is 14.9 Å². The summed E-state index contributed by atoms with van der Waals surface area (Å²) in [5, 5.41) is 25.6. The van der Waals surface area contributed by atoms with Gasteiger partial charge in [-0.1, -0.05) is 6.07 Å². The van der Waals surface area contributed by atoms with Gasteiger partial charge < -0.3 is 0 Å². The number of nitro groups is 1. The van der Waals surface area contributed by atoms with E-state index in [0.29, 0.717) is 0 Å². The van der Waals surface area contributed by atoms with Crippen molar-refractivity contribution in [1.82, 2.24) is 10.2 Å². The number of H-pyrrole nitrogens is 1. The normalized spacial score (nSPS) is 10.9. The molecule has 9 nitrogen and oxygen atoms in total. The van der Waals surface area contributed by atoms with Crippen molar-refractivity contribution < 1.29 is 13.3 Å². The number of hydrogen-bond acceptors (Lipinski definition) is 6. The number of aromatic amines is 1. The molecule has 0 spiro atoms. The van der Waals surface area contributed by atoms with E-state index >= 15 is 0 Å². The van der Waals surface area contributed by atoms with E-state index in [1.165, 1.54) is 25.1 Å². The molecule has 1 aromatic carbocycles. The van der Waals surface area contributed by atoms with Crippen LogP contribution >= 0.6 is 0 Å². The number of rotatable bonds is 4. The van der Waals surface area contributed by atoms with E-state index in [2.05, 4.69) is 14.9 Å². The number of aromatic nitrogens is 2. The molecule has 2 rings (SSSR count). The average Bonchev–Trinajstić information content (AvgIpc) is 2.84. The lowest BCUT2D eigenvalue weighted by atomic mass is 10.2. The predicted molar refractivity (Wildman–Crippen MR) is 71.9 cm³/mol. The van der Waals surface area contributed by atoms with Crippen LogP contribution in [0.25, 0.3) is 0 Å². The summed E-state index contributed by atoms with van der Waals surface area (Å²) in [6, 6.07) is 5.50. The standard InChI is InChI=1S/C11H9N5O4S/c1-7-9(16(17)18)3-2-4-10(7)21(19,20)15-11-8(5-12)6-13-14-11/h2-4,6H,1H3,(H2,13,14,15). The molecule has 0 aliphatic heterocycles. The Morgan fingerprint density at radius 1 is 1.48 bits per heavy atom. The number of nitrogens with one attached hydrogen (secondary N) is 2. The molecular formula is C11H9N5O4S. The number of benzene rings is 1. The molecule has 21 heavy (non-hydrogen) atoms. The first-order valence-corrected chi connectivity index (χ1v) is 7.05. The van der Waals surface area contributed by atoms with Gasteiger partial charge in [0.15, 0.2) is 5.82 Å². The summed E-state index contributed by atoms with van der Waals surface area (Å²) in [6.07, 6.45) is 1.16. The van der Waals surface area contributed by atoms with Crippen molar-refractivity contribution >= 4 is 21.5 Å². The van der Waals surface area contributed by atoms with Gasteiger partial charge in [-0.15, -0.1) is 0 Å². The van der Waals surface area contributed by atoms with Crippen molar-refractivity contribution in [3.63, 3.8) is 0 Å². The molecule has 0 bridgehead atoms. The van der Waals surface area contributed by atoms with E-state index in [0.717, 1.165) is 6.20 Å². The van der Waals surface area contributed by atoms with Gasteiger partial charge in [0, 0.05) is 11.6 Å². The van der Waals surface area contributed by atoms with Gasteiger partial charge >= 0.3 is 0 Å². The van der Waals surface area contributed by atoms with Crippen molar-refractivity contribution in [2.45, 2.75) is 11.8 Å². The van der Waals surface area contributed by atoms with Crippen LogP contribution in [0.15, 0.2) is 29.3 Å². The average molecular weight is 307 g/mol. The molecule has 1 heterocycles. The smallest absolute Gasteiger partial charge is 0.263 e. The van der Waals surface area contributed by atoms with Gasteiger partial charge in [-0.3, -0.25) is 19.9 Å². The third kappa shape index (κ3) is 2.67. The van der Waals surface area contributed by atoms with Crippen molar-refractivity contribution in [3.8, 4) is 6.07 Å². The topological polar surface area (TPSA) is 142 Å². The predicted octanol–water partition coefficient (Wildman–Crippen LogP) is 1.30. The highest BCUT2D eigenvalue weighted by atomic mass is 32.2. The lowest BCUT2D eigenvalue weighted by molar-refractivity contribution is -0.385. The van der Waals surface area contributed by atoms with Crippen molar-refractivity contribution in [3.05, 3.63) is 45.6 Å². The minimum absolute atomic E-state index is 0.00743. The number of sulfonamides is 1. The summed E-state index contributed by atoms with van der Waals surface area (Å²) < 4.78 is 26.7. The fourth-order valence-corrected chi connectivity index (χ4v) is 3.03. The fourth-order valence-electron chi connectivity index (χ4n) is 1.73. The van der Waals surface area contributed by atoms with Crippen LogP contribution in [-0.2, 0) is 10.0 Å². The molecule has 0 unspecified atom stereocenters. The minimum Gasteiger partial charge on any atom is -0.263 e. The summed E-state index contributed by atoms with van der Waals surface area (Å²) in [5.41, 5.74) is -0.280. The van der Waals surface area contributed by atoms with Gasteiger partial charge in [-0.2, -0.15) is 10.4 Å². The van der Waals surface area contributed by atoms with Crippen LogP contribution in [0.2, 0.25) is 0 Å². The zero-order chi connectivity index (χ0) is 15.6. The van der Waals surface area contributed by atoms with Crippen molar-refractivity contribution in [1.29, 1.82) is 5.26 Å². The largest absolute Gasteiger partial charge is 0.273 e. The first kappa shape index (κ1) is 14.5. The Morgan fingerprint density at radius 3 is 2.81 bits per heavy atom. The molecule has 10 heteroatoms. The summed E-state index contributed by atoms with van der Waals surface area (Å²) in [7, 11) is -4.08. The zero-order valence-electron chi connectivity index (χ0n) is 10.7. The maximum absolute atomic E-state index is 12.3. The van der Waals surface area contributed by atoms with Crippen LogP contribution in [-0.4, -0.2) is 23.5 Å². The van der Waals surface area contributed by atoms with Crippen LogP contribution in [0.5, 0.6) is 0 Å². The Hall–Kier alpha value is -2.93. The highest BCUT2D eigenvalue weighted by molar-refractivity contribution is 7.92. The summed E-state index contributed by atoms with van der Waals surface area (Å²) in [6.45, 7) is 1.34. The Kier molecular flexibility index (Phi) is 3.60. The summed E-state index contributed by atoms with van der Waals surface area (Å²) in [5.74, 6) is -0.0941. The van der Waals surface area contributed by atoms with Gasteiger partial charge in [0.1, 0.15) is 11.6 Å². The van der Waals surface area contributed by atoms with Crippen LogP contribution in [0.3, 0.4) is 0 Å². The van der Waals surface area contributed by atoms with Crippen LogP contribution in [0.4, 0.5) is 11.5 Å². The summed E-state index contributed by atoms with van der Waals surface area (Å²) in [4.78, 5) is 9.95. The van der Waals surface area contributed by atoms with Gasteiger partial charge in [0.05, 0.1) is 16.0 Å². The fraction of sp³-hybridized carbons (Fsp3) is 0.0909. The van der Waals surface area contributed by atoms with Crippen LogP contribution < -0.4 is 4.72 Å². The Balaban J connectivity index is 2.49. The number of hydrogen-bond donors (Lipinski definition) is 2. The zero-order valence-corrected chi connectivity index (χ0v) is 11.5. The van der Waals surface area contributed by atoms with E-state index in [4.69, 9.17) is 5.26 Å².